The zero-order valence-corrected chi connectivity index (χ0v) is 13.1. The van der Waals surface area contributed by atoms with Gasteiger partial charge in [-0.15, -0.1) is 11.8 Å². The molecular formula is C17H27NS. The van der Waals surface area contributed by atoms with Gasteiger partial charge in [0.05, 0.1) is 0 Å². The average Bonchev–Trinajstić information content (AvgIpc) is 2.46. The molecule has 2 unspecified atom stereocenters. The van der Waals surface area contributed by atoms with E-state index in [1.165, 1.54) is 42.6 Å². The van der Waals surface area contributed by atoms with E-state index in [1.54, 1.807) is 0 Å². The highest BCUT2D eigenvalue weighted by atomic mass is 32.2. The van der Waals surface area contributed by atoms with Crippen LogP contribution in [0.1, 0.15) is 51.5 Å². The first kappa shape index (κ1) is 14.9. The number of benzene rings is 1. The van der Waals surface area contributed by atoms with Crippen molar-refractivity contribution in [3.05, 3.63) is 29.8 Å². The van der Waals surface area contributed by atoms with Gasteiger partial charge in [0.1, 0.15) is 0 Å². The van der Waals surface area contributed by atoms with Crippen molar-refractivity contribution in [3.63, 3.8) is 0 Å². The summed E-state index contributed by atoms with van der Waals surface area (Å²) in [6.07, 6.45) is 7.04. The summed E-state index contributed by atoms with van der Waals surface area (Å²) < 4.78 is 0. The molecule has 1 saturated carbocycles. The molecular weight excluding hydrogens is 250 g/mol. The van der Waals surface area contributed by atoms with Crippen LogP contribution in [-0.2, 0) is 6.54 Å². The molecule has 19 heavy (non-hydrogen) atoms. The minimum absolute atomic E-state index is 0.841. The largest absolute Gasteiger partial charge is 0.313 e. The van der Waals surface area contributed by atoms with Gasteiger partial charge in [-0.1, -0.05) is 45.2 Å². The molecule has 1 aromatic rings. The third-order valence-electron chi connectivity index (χ3n) is 4.13. The zero-order valence-electron chi connectivity index (χ0n) is 12.3. The molecule has 0 spiro atoms. The third kappa shape index (κ3) is 4.54. The average molecular weight is 277 g/mol. The van der Waals surface area contributed by atoms with Gasteiger partial charge in [0.25, 0.3) is 0 Å². The Morgan fingerprint density at radius 2 is 2.05 bits per heavy atom. The first-order valence-electron chi connectivity index (χ1n) is 7.79. The van der Waals surface area contributed by atoms with Gasteiger partial charge >= 0.3 is 0 Å². The molecule has 1 aliphatic rings. The normalized spacial score (nSPS) is 23.5. The summed E-state index contributed by atoms with van der Waals surface area (Å²) in [6, 6.07) is 9.08. The van der Waals surface area contributed by atoms with Crippen LogP contribution in [0, 0.1) is 5.92 Å². The molecule has 106 valence electrons. The van der Waals surface area contributed by atoms with Crippen molar-refractivity contribution in [2.45, 2.75) is 62.6 Å². The minimum atomic E-state index is 0.841. The van der Waals surface area contributed by atoms with Gasteiger partial charge in [-0.25, -0.2) is 0 Å². The molecule has 1 fully saturated rings. The molecule has 0 bridgehead atoms. The van der Waals surface area contributed by atoms with E-state index < -0.39 is 0 Å². The topological polar surface area (TPSA) is 12.0 Å². The lowest BCUT2D eigenvalue weighted by molar-refractivity contribution is 0.361. The molecule has 1 aliphatic carbocycles. The van der Waals surface area contributed by atoms with E-state index in [4.69, 9.17) is 0 Å². The second-order valence-electron chi connectivity index (χ2n) is 5.54. The number of rotatable bonds is 6. The second-order valence-corrected chi connectivity index (χ2v) is 6.85. The van der Waals surface area contributed by atoms with Crippen LogP contribution < -0.4 is 5.32 Å². The maximum absolute atomic E-state index is 3.41. The van der Waals surface area contributed by atoms with E-state index in [-0.39, 0.29) is 0 Å². The standard InChI is InChI=1S/C17H27NS/c1-3-15-9-5-6-11-17(15)19-16-10-7-8-14(12-16)13-18-4-2/h7-8,10,12,15,17-18H,3-6,9,11,13H2,1-2H3. The van der Waals surface area contributed by atoms with Crippen LogP contribution in [0.15, 0.2) is 29.2 Å². The van der Waals surface area contributed by atoms with Crippen molar-refractivity contribution >= 4 is 11.8 Å². The summed E-state index contributed by atoms with van der Waals surface area (Å²) in [6.45, 7) is 6.54. The van der Waals surface area contributed by atoms with Crippen molar-refractivity contribution < 1.29 is 0 Å². The Bertz CT molecular complexity index is 377. The summed E-state index contributed by atoms with van der Waals surface area (Å²) in [7, 11) is 0. The van der Waals surface area contributed by atoms with Gasteiger partial charge in [0.15, 0.2) is 0 Å². The highest BCUT2D eigenvalue weighted by molar-refractivity contribution is 8.00. The quantitative estimate of drug-likeness (QED) is 0.797. The van der Waals surface area contributed by atoms with Crippen LogP contribution in [0.25, 0.3) is 0 Å². The van der Waals surface area contributed by atoms with Crippen molar-refractivity contribution in [1.82, 2.24) is 5.32 Å². The van der Waals surface area contributed by atoms with E-state index in [0.29, 0.717) is 0 Å². The number of hydrogen-bond acceptors (Lipinski definition) is 2. The SMILES string of the molecule is CCNCc1cccc(SC2CCCCC2CC)c1. The first-order chi connectivity index (χ1) is 9.33. The summed E-state index contributed by atoms with van der Waals surface area (Å²) >= 11 is 2.12. The molecule has 0 amide bonds. The van der Waals surface area contributed by atoms with E-state index >= 15 is 0 Å². The molecule has 1 nitrogen and oxygen atoms in total. The van der Waals surface area contributed by atoms with Gasteiger partial charge in [-0.3, -0.25) is 0 Å². The lowest BCUT2D eigenvalue weighted by Gasteiger charge is -2.30. The molecule has 2 heteroatoms. The zero-order chi connectivity index (χ0) is 13.5. The van der Waals surface area contributed by atoms with Gasteiger partial charge in [0.2, 0.25) is 0 Å². The van der Waals surface area contributed by atoms with Gasteiger partial charge in [-0.05, 0) is 43.0 Å². The van der Waals surface area contributed by atoms with E-state index in [0.717, 1.165) is 24.3 Å². The van der Waals surface area contributed by atoms with Gasteiger partial charge < -0.3 is 5.32 Å². The van der Waals surface area contributed by atoms with E-state index in [2.05, 4.69) is 55.2 Å². The van der Waals surface area contributed by atoms with Crippen molar-refractivity contribution in [1.29, 1.82) is 0 Å². The van der Waals surface area contributed by atoms with Crippen LogP contribution in [0.5, 0.6) is 0 Å². The van der Waals surface area contributed by atoms with Crippen molar-refractivity contribution in [2.75, 3.05) is 6.54 Å². The van der Waals surface area contributed by atoms with E-state index in [1.807, 2.05) is 0 Å². The number of thioether (sulfide) groups is 1. The number of nitrogens with one attached hydrogen (secondary N) is 1. The Morgan fingerprint density at radius 1 is 1.21 bits per heavy atom. The highest BCUT2D eigenvalue weighted by Gasteiger charge is 2.24. The summed E-state index contributed by atoms with van der Waals surface area (Å²) in [5.41, 5.74) is 1.41. The van der Waals surface area contributed by atoms with Crippen molar-refractivity contribution in [2.24, 2.45) is 5.92 Å². The minimum Gasteiger partial charge on any atom is -0.313 e. The smallest absolute Gasteiger partial charge is 0.0205 e. The van der Waals surface area contributed by atoms with E-state index in [9.17, 15) is 0 Å². The third-order valence-corrected chi connectivity index (χ3v) is 5.58. The summed E-state index contributed by atoms with van der Waals surface area (Å²) in [4.78, 5) is 1.46. The Hall–Kier alpha value is -0.470. The first-order valence-corrected chi connectivity index (χ1v) is 8.67. The Kier molecular flexibility index (Phi) is 6.25. The molecule has 1 aromatic carbocycles. The van der Waals surface area contributed by atoms with Crippen LogP contribution in [0.2, 0.25) is 0 Å². The second kappa shape index (κ2) is 7.96. The fourth-order valence-electron chi connectivity index (χ4n) is 2.97. The molecule has 0 aromatic heterocycles. The molecule has 0 radical (unpaired) electrons. The van der Waals surface area contributed by atoms with Gasteiger partial charge in [-0.2, -0.15) is 0 Å². The molecule has 2 atom stereocenters. The summed E-state index contributed by atoms with van der Waals surface area (Å²) in [5, 5.41) is 4.25. The van der Waals surface area contributed by atoms with Crippen LogP contribution >= 0.6 is 11.8 Å². The highest BCUT2D eigenvalue weighted by Crippen LogP contribution is 2.39. The summed E-state index contributed by atoms with van der Waals surface area (Å²) in [5.74, 6) is 0.927. The van der Waals surface area contributed by atoms with Crippen LogP contribution in [-0.4, -0.2) is 11.8 Å². The lowest BCUT2D eigenvalue weighted by Crippen LogP contribution is -2.21. The van der Waals surface area contributed by atoms with Crippen molar-refractivity contribution in [3.8, 4) is 0 Å². The lowest BCUT2D eigenvalue weighted by atomic mass is 9.87. The molecule has 1 N–H and O–H groups in total. The fraction of sp³-hybridized carbons (Fsp3) is 0.647. The molecule has 2 rings (SSSR count). The van der Waals surface area contributed by atoms with Gasteiger partial charge in [0, 0.05) is 16.7 Å². The number of hydrogen-bond donors (Lipinski definition) is 1. The molecule has 0 aliphatic heterocycles. The Labute approximate surface area is 122 Å². The maximum atomic E-state index is 3.41. The Balaban J connectivity index is 1.97. The predicted octanol–water partition coefficient (Wildman–Crippen LogP) is 4.86. The fourth-order valence-corrected chi connectivity index (χ4v) is 4.50. The van der Waals surface area contributed by atoms with Crippen LogP contribution in [0.4, 0.5) is 0 Å². The Morgan fingerprint density at radius 3 is 2.84 bits per heavy atom. The monoisotopic (exact) mass is 277 g/mol. The van der Waals surface area contributed by atoms with Crippen LogP contribution in [0.3, 0.4) is 0 Å². The maximum Gasteiger partial charge on any atom is 0.0205 e. The molecule has 0 saturated heterocycles. The predicted molar refractivity (Wildman–Crippen MR) is 85.7 cm³/mol. The molecule has 0 heterocycles.